The van der Waals surface area contributed by atoms with E-state index in [2.05, 4.69) is 10.6 Å². The van der Waals surface area contributed by atoms with Crippen LogP contribution in [0.4, 0.5) is 10.5 Å². The van der Waals surface area contributed by atoms with E-state index in [1.54, 1.807) is 24.3 Å². The molecule has 0 bridgehead atoms. The predicted molar refractivity (Wildman–Crippen MR) is 82.1 cm³/mol. The summed E-state index contributed by atoms with van der Waals surface area (Å²) >= 11 is 0. The fourth-order valence-electron chi connectivity index (χ4n) is 1.86. The zero-order valence-electron chi connectivity index (χ0n) is 11.5. The molecule has 2 aromatic rings. The van der Waals surface area contributed by atoms with Crippen molar-refractivity contribution in [2.45, 2.75) is 6.42 Å². The van der Waals surface area contributed by atoms with Crippen LogP contribution < -0.4 is 16.4 Å². The van der Waals surface area contributed by atoms with E-state index in [0.29, 0.717) is 17.8 Å². The molecule has 0 aromatic heterocycles. The number of nitrogens with one attached hydrogen (secondary N) is 2. The quantitative estimate of drug-likeness (QED) is 0.785. The van der Waals surface area contributed by atoms with Crippen LogP contribution in [-0.2, 0) is 6.42 Å². The summed E-state index contributed by atoms with van der Waals surface area (Å²) in [5.41, 5.74) is 7.33. The standard InChI is InChI=1S/C16H17N3O2/c17-15(20)13-6-8-14(9-7-13)19-16(21)18-11-10-12-4-2-1-3-5-12/h1-9H,10-11H2,(H2,17,20)(H2,18,19,21). The minimum Gasteiger partial charge on any atom is -0.366 e. The number of amides is 3. The third kappa shape index (κ3) is 4.65. The molecular weight excluding hydrogens is 266 g/mol. The molecule has 0 saturated heterocycles. The van der Waals surface area contributed by atoms with Gasteiger partial charge in [-0.25, -0.2) is 4.79 Å². The van der Waals surface area contributed by atoms with Crippen molar-refractivity contribution in [3.05, 3.63) is 65.7 Å². The normalized spacial score (nSPS) is 9.90. The van der Waals surface area contributed by atoms with Gasteiger partial charge in [0.2, 0.25) is 5.91 Å². The third-order valence-corrected chi connectivity index (χ3v) is 2.97. The Hall–Kier alpha value is -2.82. The van der Waals surface area contributed by atoms with E-state index >= 15 is 0 Å². The molecule has 0 aliphatic heterocycles. The Morgan fingerprint density at radius 3 is 2.24 bits per heavy atom. The Morgan fingerprint density at radius 2 is 1.62 bits per heavy atom. The highest BCUT2D eigenvalue weighted by atomic mass is 16.2. The van der Waals surface area contributed by atoms with Crippen LogP contribution in [0, 0.1) is 0 Å². The van der Waals surface area contributed by atoms with Crippen LogP contribution in [0.1, 0.15) is 15.9 Å². The Bertz CT molecular complexity index is 609. The van der Waals surface area contributed by atoms with E-state index in [9.17, 15) is 9.59 Å². The summed E-state index contributed by atoms with van der Waals surface area (Å²) in [4.78, 5) is 22.6. The molecule has 0 unspecified atom stereocenters. The molecule has 0 aliphatic carbocycles. The van der Waals surface area contributed by atoms with E-state index in [1.807, 2.05) is 30.3 Å². The van der Waals surface area contributed by atoms with Gasteiger partial charge in [-0.3, -0.25) is 4.79 Å². The number of nitrogens with two attached hydrogens (primary N) is 1. The smallest absolute Gasteiger partial charge is 0.319 e. The average Bonchev–Trinajstić information content (AvgIpc) is 2.49. The van der Waals surface area contributed by atoms with Gasteiger partial charge in [0.25, 0.3) is 0 Å². The number of hydrogen-bond acceptors (Lipinski definition) is 2. The lowest BCUT2D eigenvalue weighted by atomic mass is 10.1. The van der Waals surface area contributed by atoms with Crippen molar-refractivity contribution in [1.82, 2.24) is 5.32 Å². The monoisotopic (exact) mass is 283 g/mol. The summed E-state index contributed by atoms with van der Waals surface area (Å²) in [7, 11) is 0. The van der Waals surface area contributed by atoms with Gasteiger partial charge in [0, 0.05) is 17.8 Å². The molecule has 4 N–H and O–H groups in total. The fourth-order valence-corrected chi connectivity index (χ4v) is 1.86. The van der Waals surface area contributed by atoms with Crippen LogP contribution >= 0.6 is 0 Å². The van der Waals surface area contributed by atoms with Gasteiger partial charge in [0.15, 0.2) is 0 Å². The number of carbonyl (C=O) groups is 2. The first kappa shape index (κ1) is 14.6. The molecule has 0 spiro atoms. The maximum absolute atomic E-state index is 11.7. The second-order valence-corrected chi connectivity index (χ2v) is 4.56. The second kappa shape index (κ2) is 7.09. The topological polar surface area (TPSA) is 84.2 Å². The van der Waals surface area contributed by atoms with E-state index < -0.39 is 5.91 Å². The number of rotatable bonds is 5. The fraction of sp³-hybridized carbons (Fsp3) is 0.125. The first-order chi connectivity index (χ1) is 10.1. The lowest BCUT2D eigenvalue weighted by Gasteiger charge is -2.08. The van der Waals surface area contributed by atoms with Crippen molar-refractivity contribution in [2.75, 3.05) is 11.9 Å². The van der Waals surface area contributed by atoms with Crippen LogP contribution in [-0.4, -0.2) is 18.5 Å². The molecule has 3 amide bonds. The van der Waals surface area contributed by atoms with Crippen LogP contribution in [0.2, 0.25) is 0 Å². The Labute approximate surface area is 123 Å². The molecule has 0 radical (unpaired) electrons. The molecule has 5 heteroatoms. The molecular formula is C16H17N3O2. The number of urea groups is 1. The van der Waals surface area contributed by atoms with Crippen LogP contribution in [0.5, 0.6) is 0 Å². The predicted octanol–water partition coefficient (Wildman–Crippen LogP) is 2.15. The van der Waals surface area contributed by atoms with Gasteiger partial charge in [-0.1, -0.05) is 30.3 Å². The summed E-state index contributed by atoms with van der Waals surface area (Å²) in [6.45, 7) is 0.551. The van der Waals surface area contributed by atoms with Crippen molar-refractivity contribution in [3.8, 4) is 0 Å². The highest BCUT2D eigenvalue weighted by Crippen LogP contribution is 2.08. The molecule has 0 heterocycles. The molecule has 0 fully saturated rings. The van der Waals surface area contributed by atoms with Gasteiger partial charge >= 0.3 is 6.03 Å². The number of hydrogen-bond donors (Lipinski definition) is 3. The second-order valence-electron chi connectivity index (χ2n) is 4.56. The molecule has 0 atom stereocenters. The van der Waals surface area contributed by atoms with Crippen LogP contribution in [0.3, 0.4) is 0 Å². The average molecular weight is 283 g/mol. The van der Waals surface area contributed by atoms with Gasteiger partial charge in [0.05, 0.1) is 0 Å². The Morgan fingerprint density at radius 1 is 0.952 bits per heavy atom. The third-order valence-electron chi connectivity index (χ3n) is 2.97. The Kier molecular flexibility index (Phi) is 4.93. The van der Waals surface area contributed by atoms with Gasteiger partial charge in [0.1, 0.15) is 0 Å². The van der Waals surface area contributed by atoms with Crippen molar-refractivity contribution in [1.29, 1.82) is 0 Å². The number of carbonyl (C=O) groups excluding carboxylic acids is 2. The van der Waals surface area contributed by atoms with E-state index in [4.69, 9.17) is 5.73 Å². The molecule has 21 heavy (non-hydrogen) atoms. The van der Waals surface area contributed by atoms with Gasteiger partial charge < -0.3 is 16.4 Å². The number of anilines is 1. The maximum Gasteiger partial charge on any atom is 0.319 e. The largest absolute Gasteiger partial charge is 0.366 e. The number of benzene rings is 2. The summed E-state index contributed by atoms with van der Waals surface area (Å²) in [6, 6.07) is 16.1. The molecule has 2 rings (SSSR count). The summed E-state index contributed by atoms with van der Waals surface area (Å²) in [5.74, 6) is -0.492. The van der Waals surface area contributed by atoms with Gasteiger partial charge in [-0.2, -0.15) is 0 Å². The minimum absolute atomic E-state index is 0.280. The molecule has 108 valence electrons. The maximum atomic E-state index is 11.7. The van der Waals surface area contributed by atoms with Crippen molar-refractivity contribution in [3.63, 3.8) is 0 Å². The lowest BCUT2D eigenvalue weighted by Crippen LogP contribution is -2.30. The van der Waals surface area contributed by atoms with Crippen LogP contribution in [0.25, 0.3) is 0 Å². The van der Waals surface area contributed by atoms with Crippen LogP contribution in [0.15, 0.2) is 54.6 Å². The Balaban J connectivity index is 1.78. The first-order valence-corrected chi connectivity index (χ1v) is 6.64. The zero-order chi connectivity index (χ0) is 15.1. The van der Waals surface area contributed by atoms with Crippen molar-refractivity contribution < 1.29 is 9.59 Å². The van der Waals surface area contributed by atoms with E-state index in [0.717, 1.165) is 6.42 Å². The first-order valence-electron chi connectivity index (χ1n) is 6.64. The van der Waals surface area contributed by atoms with Crippen molar-refractivity contribution >= 4 is 17.6 Å². The zero-order valence-corrected chi connectivity index (χ0v) is 11.5. The highest BCUT2D eigenvalue weighted by Gasteiger charge is 2.03. The highest BCUT2D eigenvalue weighted by molar-refractivity contribution is 5.94. The van der Waals surface area contributed by atoms with Crippen molar-refractivity contribution in [2.24, 2.45) is 5.73 Å². The lowest BCUT2D eigenvalue weighted by molar-refractivity contribution is 0.100. The summed E-state index contributed by atoms with van der Waals surface area (Å²) in [6.07, 6.45) is 0.773. The molecule has 0 aliphatic rings. The van der Waals surface area contributed by atoms with Gasteiger partial charge in [-0.05, 0) is 36.2 Å². The van der Waals surface area contributed by atoms with E-state index in [1.165, 1.54) is 5.56 Å². The molecule has 0 saturated carbocycles. The SMILES string of the molecule is NC(=O)c1ccc(NC(=O)NCCc2ccccc2)cc1. The minimum atomic E-state index is -0.492. The molecule has 5 nitrogen and oxygen atoms in total. The molecule has 2 aromatic carbocycles. The van der Waals surface area contributed by atoms with Gasteiger partial charge in [-0.15, -0.1) is 0 Å². The summed E-state index contributed by atoms with van der Waals surface area (Å²) in [5, 5.41) is 5.47. The number of primary amides is 1. The van der Waals surface area contributed by atoms with E-state index in [-0.39, 0.29) is 6.03 Å². The summed E-state index contributed by atoms with van der Waals surface area (Å²) < 4.78 is 0.